The molecule has 0 radical (unpaired) electrons. The highest BCUT2D eigenvalue weighted by Crippen LogP contribution is 2.00. The Hall–Kier alpha value is -0.220. The van der Waals surface area contributed by atoms with Gasteiger partial charge in [0.1, 0.15) is 0 Å². The minimum absolute atomic E-state index is 0.134. The smallest absolute Gasteiger partial charge is 0.221 e. The van der Waals surface area contributed by atoms with E-state index in [1.165, 1.54) is 0 Å². The number of rotatable bonds is 6. The first kappa shape index (κ1) is 11.8. The Morgan fingerprint density at radius 2 is 2.17 bits per heavy atom. The first-order valence-corrected chi connectivity index (χ1v) is 5.39. The van der Waals surface area contributed by atoms with Crippen LogP contribution in [0.4, 0.5) is 0 Å². The molecule has 3 nitrogen and oxygen atoms in total. The zero-order valence-electron chi connectivity index (χ0n) is 7.80. The van der Waals surface area contributed by atoms with Gasteiger partial charge in [0.25, 0.3) is 0 Å². The third-order valence-electron chi connectivity index (χ3n) is 1.19. The second kappa shape index (κ2) is 7.43. The summed E-state index contributed by atoms with van der Waals surface area (Å²) in [4.78, 5) is 11.1. The summed E-state index contributed by atoms with van der Waals surface area (Å²) >= 11 is 1.72. The Morgan fingerprint density at radius 1 is 1.50 bits per heavy atom. The molecule has 1 amide bonds. The topological polar surface area (TPSA) is 55.1 Å². The second-order valence-electron chi connectivity index (χ2n) is 2.87. The van der Waals surface area contributed by atoms with Gasteiger partial charge in [0.2, 0.25) is 5.91 Å². The van der Waals surface area contributed by atoms with Crippen molar-refractivity contribution in [3.63, 3.8) is 0 Å². The van der Waals surface area contributed by atoms with Crippen molar-refractivity contribution in [2.24, 2.45) is 5.73 Å². The molecular weight excluding hydrogens is 172 g/mol. The quantitative estimate of drug-likeness (QED) is 0.603. The van der Waals surface area contributed by atoms with Crippen LogP contribution in [0.5, 0.6) is 0 Å². The fraction of sp³-hybridized carbons (Fsp3) is 0.875. The van der Waals surface area contributed by atoms with Crippen molar-refractivity contribution in [3.05, 3.63) is 0 Å². The fourth-order valence-corrected chi connectivity index (χ4v) is 1.44. The molecule has 12 heavy (non-hydrogen) atoms. The highest BCUT2D eigenvalue weighted by atomic mass is 32.2. The van der Waals surface area contributed by atoms with Crippen molar-refractivity contribution in [2.75, 3.05) is 18.1 Å². The number of amides is 1. The van der Waals surface area contributed by atoms with Crippen LogP contribution in [0, 0.1) is 0 Å². The maximum Gasteiger partial charge on any atom is 0.221 e. The molecule has 0 fully saturated rings. The summed E-state index contributed by atoms with van der Waals surface area (Å²) in [6.07, 6.45) is 0.600. The van der Waals surface area contributed by atoms with E-state index in [0.29, 0.717) is 13.0 Å². The summed E-state index contributed by atoms with van der Waals surface area (Å²) in [6.45, 7) is 4.62. The van der Waals surface area contributed by atoms with Crippen LogP contribution in [0.25, 0.3) is 0 Å². The van der Waals surface area contributed by atoms with Gasteiger partial charge >= 0.3 is 0 Å². The molecule has 4 heteroatoms. The maximum atomic E-state index is 11.1. The average Bonchev–Trinajstić information content (AvgIpc) is 1.97. The lowest BCUT2D eigenvalue weighted by molar-refractivity contribution is -0.121. The molecule has 3 N–H and O–H groups in total. The third-order valence-corrected chi connectivity index (χ3v) is 2.20. The lowest BCUT2D eigenvalue weighted by Crippen LogP contribution is -2.30. The van der Waals surface area contributed by atoms with E-state index >= 15 is 0 Å². The van der Waals surface area contributed by atoms with Gasteiger partial charge < -0.3 is 11.1 Å². The van der Waals surface area contributed by atoms with Gasteiger partial charge in [-0.2, -0.15) is 11.8 Å². The van der Waals surface area contributed by atoms with E-state index in [0.717, 1.165) is 11.5 Å². The first-order chi connectivity index (χ1) is 5.66. The lowest BCUT2D eigenvalue weighted by Gasteiger charge is -2.07. The van der Waals surface area contributed by atoms with Crippen LogP contribution in [0.1, 0.15) is 20.3 Å². The molecule has 0 heterocycles. The van der Waals surface area contributed by atoms with Gasteiger partial charge in [-0.15, -0.1) is 0 Å². The molecule has 0 unspecified atom stereocenters. The van der Waals surface area contributed by atoms with E-state index in [2.05, 4.69) is 5.32 Å². The number of nitrogens with two attached hydrogens (primary N) is 1. The molecule has 0 saturated heterocycles. The third kappa shape index (κ3) is 7.88. The van der Waals surface area contributed by atoms with Crippen molar-refractivity contribution in [3.8, 4) is 0 Å². The summed E-state index contributed by atoms with van der Waals surface area (Å²) in [5.41, 5.74) is 5.30. The monoisotopic (exact) mass is 190 g/mol. The van der Waals surface area contributed by atoms with Gasteiger partial charge in [0.15, 0.2) is 0 Å². The maximum absolute atomic E-state index is 11.1. The van der Waals surface area contributed by atoms with Crippen LogP contribution in [0.2, 0.25) is 0 Å². The van der Waals surface area contributed by atoms with E-state index in [9.17, 15) is 4.79 Å². The molecule has 0 aliphatic heterocycles. The minimum Gasteiger partial charge on any atom is -0.354 e. The second-order valence-corrected chi connectivity index (χ2v) is 4.10. The van der Waals surface area contributed by atoms with Crippen LogP contribution in [-0.4, -0.2) is 30.0 Å². The van der Waals surface area contributed by atoms with Crippen LogP contribution in [0.3, 0.4) is 0 Å². The number of nitrogens with one attached hydrogen (secondary N) is 1. The minimum atomic E-state index is 0.134. The standard InChI is InChI=1S/C8H18N2OS/c1-7(2)10-8(11)3-5-12-6-4-9/h7H,3-6,9H2,1-2H3,(H,10,11). The first-order valence-electron chi connectivity index (χ1n) is 4.24. The largest absolute Gasteiger partial charge is 0.354 e. The summed E-state index contributed by atoms with van der Waals surface area (Å²) in [6, 6.07) is 0.247. The van der Waals surface area contributed by atoms with Crippen LogP contribution in [0.15, 0.2) is 0 Å². The van der Waals surface area contributed by atoms with E-state index < -0.39 is 0 Å². The Kier molecular flexibility index (Phi) is 7.29. The molecule has 0 saturated carbocycles. The highest BCUT2D eigenvalue weighted by molar-refractivity contribution is 7.99. The van der Waals surface area contributed by atoms with Crippen LogP contribution < -0.4 is 11.1 Å². The van der Waals surface area contributed by atoms with Gasteiger partial charge in [-0.25, -0.2) is 0 Å². The zero-order valence-corrected chi connectivity index (χ0v) is 8.62. The SMILES string of the molecule is CC(C)NC(=O)CCSCCN. The van der Waals surface area contributed by atoms with Gasteiger partial charge in [0.05, 0.1) is 0 Å². The predicted molar refractivity (Wildman–Crippen MR) is 54.3 cm³/mol. The normalized spacial score (nSPS) is 10.3. The van der Waals surface area contributed by atoms with Crippen LogP contribution in [-0.2, 0) is 4.79 Å². The van der Waals surface area contributed by atoms with Crippen molar-refractivity contribution in [1.29, 1.82) is 0 Å². The van der Waals surface area contributed by atoms with Gasteiger partial charge in [0, 0.05) is 30.5 Å². The van der Waals surface area contributed by atoms with E-state index in [1.807, 2.05) is 13.8 Å². The van der Waals surface area contributed by atoms with E-state index in [4.69, 9.17) is 5.73 Å². The Morgan fingerprint density at radius 3 is 2.67 bits per heavy atom. The molecule has 0 bridgehead atoms. The molecule has 0 aromatic rings. The molecule has 0 atom stereocenters. The lowest BCUT2D eigenvalue weighted by atomic mass is 10.3. The fourth-order valence-electron chi connectivity index (χ4n) is 0.744. The molecule has 0 spiro atoms. The molecule has 0 rings (SSSR count). The molecular formula is C8H18N2OS. The summed E-state index contributed by atoms with van der Waals surface area (Å²) in [7, 11) is 0. The number of carbonyl (C=O) groups excluding carboxylic acids is 1. The van der Waals surface area contributed by atoms with Crippen molar-refractivity contribution >= 4 is 17.7 Å². The number of thioether (sulfide) groups is 1. The molecule has 0 aromatic heterocycles. The van der Waals surface area contributed by atoms with Gasteiger partial charge in [-0.3, -0.25) is 4.79 Å². The number of hydrogen-bond donors (Lipinski definition) is 2. The molecule has 0 aliphatic carbocycles. The Balaban J connectivity index is 3.20. The summed E-state index contributed by atoms with van der Waals surface area (Å²) < 4.78 is 0. The molecule has 0 aromatic carbocycles. The van der Waals surface area contributed by atoms with E-state index in [1.54, 1.807) is 11.8 Å². The van der Waals surface area contributed by atoms with Crippen molar-refractivity contribution in [2.45, 2.75) is 26.3 Å². The van der Waals surface area contributed by atoms with Crippen molar-refractivity contribution in [1.82, 2.24) is 5.32 Å². The zero-order chi connectivity index (χ0) is 9.40. The average molecular weight is 190 g/mol. The Bertz CT molecular complexity index is 128. The highest BCUT2D eigenvalue weighted by Gasteiger charge is 2.01. The summed E-state index contributed by atoms with van der Waals surface area (Å²) in [5, 5.41) is 2.84. The number of hydrogen-bond acceptors (Lipinski definition) is 3. The van der Waals surface area contributed by atoms with Crippen LogP contribution >= 0.6 is 11.8 Å². The predicted octanol–water partition coefficient (Wildman–Crippen LogP) is 0.593. The number of carbonyl (C=O) groups is 1. The molecule has 0 aliphatic rings. The van der Waals surface area contributed by atoms with Gasteiger partial charge in [-0.1, -0.05) is 0 Å². The summed E-state index contributed by atoms with van der Waals surface area (Å²) in [5.74, 6) is 1.94. The van der Waals surface area contributed by atoms with E-state index in [-0.39, 0.29) is 11.9 Å². The Labute approximate surface area is 78.5 Å². The molecule has 72 valence electrons. The van der Waals surface area contributed by atoms with Crippen molar-refractivity contribution < 1.29 is 4.79 Å². The van der Waals surface area contributed by atoms with Gasteiger partial charge in [-0.05, 0) is 13.8 Å².